The van der Waals surface area contributed by atoms with E-state index in [1.54, 1.807) is 0 Å². The molecule has 0 radical (unpaired) electrons. The third-order valence-electron chi connectivity index (χ3n) is 5.35. The number of rotatable bonds is 3. The number of aryl methyl sites for hydroxylation is 1. The minimum Gasteiger partial charge on any atom is -0.346 e. The van der Waals surface area contributed by atoms with Crippen LogP contribution in [0.3, 0.4) is 0 Å². The van der Waals surface area contributed by atoms with Crippen LogP contribution in [0.2, 0.25) is 0 Å². The van der Waals surface area contributed by atoms with E-state index in [0.29, 0.717) is 0 Å². The molecule has 1 fully saturated rings. The smallest absolute Gasteiger partial charge is 0.173 e. The average molecular weight is 376 g/mol. The maximum Gasteiger partial charge on any atom is 0.173 e. The van der Waals surface area contributed by atoms with E-state index in [-0.39, 0.29) is 0 Å². The van der Waals surface area contributed by atoms with Crippen molar-refractivity contribution in [2.24, 2.45) is 0 Å². The van der Waals surface area contributed by atoms with Crippen molar-refractivity contribution in [3.05, 3.63) is 77.9 Å². The van der Waals surface area contributed by atoms with Crippen LogP contribution in [0, 0.1) is 6.92 Å². The molecule has 4 heteroatoms. The molecule has 3 aromatic rings. The predicted octanol–water partition coefficient (Wildman–Crippen LogP) is 4.66. The molecule has 27 heavy (non-hydrogen) atoms. The quantitative estimate of drug-likeness (QED) is 0.671. The number of thiocarbonyl (C=S) groups is 1. The number of anilines is 1. The Balaban J connectivity index is 1.37. The molecule has 1 heterocycles. The van der Waals surface area contributed by atoms with Gasteiger partial charge in [0.15, 0.2) is 5.11 Å². The van der Waals surface area contributed by atoms with Gasteiger partial charge < -0.3 is 10.2 Å². The lowest BCUT2D eigenvalue weighted by atomic mass is 10.1. The van der Waals surface area contributed by atoms with E-state index in [1.165, 1.54) is 21.9 Å². The van der Waals surface area contributed by atoms with Crippen molar-refractivity contribution in [1.82, 2.24) is 9.80 Å². The summed E-state index contributed by atoms with van der Waals surface area (Å²) >= 11 is 5.70. The molecule has 3 nitrogen and oxygen atoms in total. The number of nitrogens with zero attached hydrogens (tertiary/aromatic N) is 2. The number of piperazine rings is 1. The van der Waals surface area contributed by atoms with Gasteiger partial charge in [-0.2, -0.15) is 0 Å². The summed E-state index contributed by atoms with van der Waals surface area (Å²) < 4.78 is 0. The zero-order valence-electron chi connectivity index (χ0n) is 15.7. The van der Waals surface area contributed by atoms with E-state index in [0.717, 1.165) is 43.5 Å². The Labute approximate surface area is 166 Å². The molecule has 1 aliphatic heterocycles. The van der Waals surface area contributed by atoms with Crippen molar-refractivity contribution in [2.45, 2.75) is 13.5 Å². The molecule has 138 valence electrons. The average Bonchev–Trinajstić information content (AvgIpc) is 2.70. The van der Waals surface area contributed by atoms with Gasteiger partial charge in [-0.3, -0.25) is 4.90 Å². The Morgan fingerprint density at radius 2 is 1.59 bits per heavy atom. The Kier molecular flexibility index (Phi) is 5.37. The third-order valence-corrected chi connectivity index (χ3v) is 5.71. The van der Waals surface area contributed by atoms with E-state index in [1.807, 2.05) is 0 Å². The Morgan fingerprint density at radius 1 is 0.889 bits per heavy atom. The summed E-state index contributed by atoms with van der Waals surface area (Å²) in [4.78, 5) is 4.80. The number of fused-ring (bicyclic) bond motifs is 1. The summed E-state index contributed by atoms with van der Waals surface area (Å²) in [6.45, 7) is 7.20. The Hall–Kier alpha value is -2.43. The molecule has 0 spiro atoms. The predicted molar refractivity (Wildman–Crippen MR) is 118 cm³/mol. The first-order valence-corrected chi connectivity index (χ1v) is 9.92. The lowest BCUT2D eigenvalue weighted by molar-refractivity contribution is 0.176. The monoisotopic (exact) mass is 375 g/mol. The molecule has 0 saturated carbocycles. The summed E-state index contributed by atoms with van der Waals surface area (Å²) in [6.07, 6.45) is 0. The topological polar surface area (TPSA) is 18.5 Å². The van der Waals surface area contributed by atoms with Crippen LogP contribution in [0.25, 0.3) is 10.8 Å². The van der Waals surface area contributed by atoms with Crippen LogP contribution in [0.4, 0.5) is 5.69 Å². The number of hydrogen-bond acceptors (Lipinski definition) is 2. The molecule has 0 bridgehead atoms. The van der Waals surface area contributed by atoms with Gasteiger partial charge in [-0.1, -0.05) is 60.7 Å². The van der Waals surface area contributed by atoms with E-state index in [9.17, 15) is 0 Å². The van der Waals surface area contributed by atoms with Crippen LogP contribution < -0.4 is 5.32 Å². The minimum atomic E-state index is 0.821. The van der Waals surface area contributed by atoms with Gasteiger partial charge in [-0.05, 0) is 41.7 Å². The zero-order valence-corrected chi connectivity index (χ0v) is 16.5. The fourth-order valence-corrected chi connectivity index (χ4v) is 3.96. The van der Waals surface area contributed by atoms with Crippen LogP contribution in [0.5, 0.6) is 0 Å². The van der Waals surface area contributed by atoms with Crippen LogP contribution in [0.15, 0.2) is 66.7 Å². The van der Waals surface area contributed by atoms with Gasteiger partial charge in [0.1, 0.15) is 0 Å². The molecule has 1 N–H and O–H groups in total. The van der Waals surface area contributed by atoms with Crippen LogP contribution >= 0.6 is 12.2 Å². The fraction of sp³-hybridized carbons (Fsp3) is 0.261. The highest BCUT2D eigenvalue weighted by Crippen LogP contribution is 2.23. The van der Waals surface area contributed by atoms with Crippen molar-refractivity contribution in [3.8, 4) is 0 Å². The largest absolute Gasteiger partial charge is 0.346 e. The van der Waals surface area contributed by atoms with E-state index >= 15 is 0 Å². The highest BCUT2D eigenvalue weighted by Gasteiger charge is 2.19. The summed E-state index contributed by atoms with van der Waals surface area (Å²) in [5.41, 5.74) is 3.87. The molecule has 1 aliphatic rings. The summed E-state index contributed by atoms with van der Waals surface area (Å²) in [5, 5.41) is 6.73. The molecule has 1 saturated heterocycles. The van der Waals surface area contributed by atoms with Gasteiger partial charge in [0.05, 0.1) is 0 Å². The third kappa shape index (κ3) is 4.12. The highest BCUT2D eigenvalue weighted by atomic mass is 32.1. The van der Waals surface area contributed by atoms with Crippen molar-refractivity contribution in [2.75, 3.05) is 31.5 Å². The maximum atomic E-state index is 5.70. The second-order valence-corrected chi connectivity index (χ2v) is 7.53. The SMILES string of the molecule is Cc1ccccc1CN1CCN(C(=S)Nc2cccc3ccccc23)CC1. The molecular formula is C23H25N3S. The Morgan fingerprint density at radius 3 is 2.41 bits per heavy atom. The first-order chi connectivity index (χ1) is 13.2. The van der Waals surface area contributed by atoms with Crippen LogP contribution in [-0.2, 0) is 6.54 Å². The molecule has 3 aromatic carbocycles. The normalized spacial score (nSPS) is 15.1. The van der Waals surface area contributed by atoms with E-state index < -0.39 is 0 Å². The number of nitrogens with one attached hydrogen (secondary N) is 1. The molecule has 0 aromatic heterocycles. The number of benzene rings is 3. The second kappa shape index (κ2) is 8.07. The lowest BCUT2D eigenvalue weighted by Gasteiger charge is -2.36. The van der Waals surface area contributed by atoms with Crippen molar-refractivity contribution >= 4 is 33.8 Å². The van der Waals surface area contributed by atoms with Gasteiger partial charge in [-0.25, -0.2) is 0 Å². The first kappa shape index (κ1) is 18.0. The highest BCUT2D eigenvalue weighted by molar-refractivity contribution is 7.80. The van der Waals surface area contributed by atoms with E-state index in [2.05, 4.69) is 88.8 Å². The second-order valence-electron chi connectivity index (χ2n) is 7.15. The molecule has 4 rings (SSSR count). The fourth-order valence-electron chi connectivity index (χ4n) is 3.67. The van der Waals surface area contributed by atoms with Gasteiger partial charge >= 0.3 is 0 Å². The molecular weight excluding hydrogens is 350 g/mol. The standard InChI is InChI=1S/C23H25N3S/c1-18-7-2-3-9-20(18)17-25-13-15-26(16-14-25)23(27)24-22-12-6-10-19-8-4-5-11-21(19)22/h2-12H,13-17H2,1H3,(H,24,27). The number of hydrogen-bond donors (Lipinski definition) is 1. The van der Waals surface area contributed by atoms with Crippen molar-refractivity contribution < 1.29 is 0 Å². The summed E-state index contributed by atoms with van der Waals surface area (Å²) in [6, 6.07) is 23.4. The van der Waals surface area contributed by atoms with Crippen LogP contribution in [0.1, 0.15) is 11.1 Å². The van der Waals surface area contributed by atoms with Crippen LogP contribution in [-0.4, -0.2) is 41.1 Å². The van der Waals surface area contributed by atoms with Crippen molar-refractivity contribution in [3.63, 3.8) is 0 Å². The summed E-state index contributed by atoms with van der Waals surface area (Å²) in [7, 11) is 0. The molecule has 0 aliphatic carbocycles. The van der Waals surface area contributed by atoms with Gasteiger partial charge in [0.2, 0.25) is 0 Å². The van der Waals surface area contributed by atoms with E-state index in [4.69, 9.17) is 12.2 Å². The zero-order chi connectivity index (χ0) is 18.6. The maximum absolute atomic E-state index is 5.70. The van der Waals surface area contributed by atoms with Gasteiger partial charge in [0.25, 0.3) is 0 Å². The first-order valence-electron chi connectivity index (χ1n) is 9.51. The molecule has 0 unspecified atom stereocenters. The van der Waals surface area contributed by atoms with Gasteiger partial charge in [0, 0.05) is 43.8 Å². The Bertz CT molecular complexity index is 940. The molecule has 0 atom stereocenters. The summed E-state index contributed by atoms with van der Waals surface area (Å²) in [5.74, 6) is 0. The van der Waals surface area contributed by atoms with Gasteiger partial charge in [-0.15, -0.1) is 0 Å². The molecule has 0 amide bonds. The lowest BCUT2D eigenvalue weighted by Crippen LogP contribution is -2.49. The minimum absolute atomic E-state index is 0.821. The van der Waals surface area contributed by atoms with Crippen molar-refractivity contribution in [1.29, 1.82) is 0 Å².